The number of H-pyrrole nitrogens is 1. The van der Waals surface area contributed by atoms with E-state index in [0.29, 0.717) is 17.3 Å². The number of aromatic amines is 1. The van der Waals surface area contributed by atoms with Gasteiger partial charge in [-0.2, -0.15) is 0 Å². The summed E-state index contributed by atoms with van der Waals surface area (Å²) < 4.78 is 5.51. The third-order valence-electron chi connectivity index (χ3n) is 6.43. The Morgan fingerprint density at radius 3 is 2.45 bits per heavy atom. The number of hydrogen-bond acceptors (Lipinski definition) is 5. The van der Waals surface area contributed by atoms with E-state index in [0.717, 1.165) is 69.6 Å². The molecule has 2 fully saturated rings. The van der Waals surface area contributed by atoms with Gasteiger partial charge in [-0.3, -0.25) is 4.79 Å². The average molecular weight is 427 g/mol. The van der Waals surface area contributed by atoms with Gasteiger partial charge in [0.25, 0.3) is 5.56 Å². The molecule has 4 rings (SSSR count). The number of hydrogen-bond donors (Lipinski definition) is 1. The molecule has 1 amide bonds. The van der Waals surface area contributed by atoms with E-state index in [4.69, 9.17) is 4.74 Å². The summed E-state index contributed by atoms with van der Waals surface area (Å²) in [5, 5.41) is 0.652. The molecule has 2 aliphatic rings. The Bertz CT molecular complexity index is 965. The summed E-state index contributed by atoms with van der Waals surface area (Å²) in [6.45, 7) is 9.39. The van der Waals surface area contributed by atoms with Gasteiger partial charge in [0.15, 0.2) is 0 Å². The van der Waals surface area contributed by atoms with E-state index in [2.05, 4.69) is 14.9 Å². The van der Waals surface area contributed by atoms with E-state index in [-0.39, 0.29) is 11.7 Å². The second-order valence-electron chi connectivity index (χ2n) is 9.91. The van der Waals surface area contributed by atoms with Crippen LogP contribution in [0.15, 0.2) is 29.1 Å². The topological polar surface area (TPSA) is 78.5 Å². The second kappa shape index (κ2) is 8.99. The highest BCUT2D eigenvalue weighted by Crippen LogP contribution is 2.26. The van der Waals surface area contributed by atoms with Crippen LogP contribution in [0.4, 0.5) is 4.79 Å². The van der Waals surface area contributed by atoms with Crippen LogP contribution in [0, 0.1) is 5.92 Å². The van der Waals surface area contributed by atoms with Crippen LogP contribution in [0.5, 0.6) is 0 Å². The molecule has 31 heavy (non-hydrogen) atoms. The van der Waals surface area contributed by atoms with Crippen LogP contribution < -0.4 is 5.56 Å². The Morgan fingerprint density at radius 1 is 1.10 bits per heavy atom. The standard InChI is InChI=1S/C24H34N4O3/c1-24(2,3)31-23(30)28-14-10-18(11-15-28)27-12-8-17(9-13-27)16-21-25-20-7-5-4-6-19(20)22(29)26-21/h4-7,17-18H,8-16H2,1-3H3,(H,25,26,29). The van der Waals surface area contributed by atoms with Crippen molar-refractivity contribution in [3.8, 4) is 0 Å². The predicted molar refractivity (Wildman–Crippen MR) is 121 cm³/mol. The number of rotatable bonds is 3. The van der Waals surface area contributed by atoms with E-state index in [9.17, 15) is 9.59 Å². The van der Waals surface area contributed by atoms with Gasteiger partial charge in [0.05, 0.1) is 10.9 Å². The van der Waals surface area contributed by atoms with Gasteiger partial charge in [0, 0.05) is 25.6 Å². The third-order valence-corrected chi connectivity index (χ3v) is 6.43. The van der Waals surface area contributed by atoms with Crippen molar-refractivity contribution in [2.24, 2.45) is 5.92 Å². The maximum Gasteiger partial charge on any atom is 0.410 e. The molecule has 0 aliphatic carbocycles. The number of para-hydroxylation sites is 1. The summed E-state index contributed by atoms with van der Waals surface area (Å²) in [7, 11) is 0. The quantitative estimate of drug-likeness (QED) is 0.812. The number of ether oxygens (including phenoxy) is 1. The number of carbonyl (C=O) groups excluding carboxylic acids is 1. The minimum atomic E-state index is -0.444. The molecule has 0 unspecified atom stereocenters. The van der Waals surface area contributed by atoms with Crippen molar-refractivity contribution >= 4 is 17.0 Å². The average Bonchev–Trinajstić information content (AvgIpc) is 2.73. The summed E-state index contributed by atoms with van der Waals surface area (Å²) in [6, 6.07) is 8.05. The lowest BCUT2D eigenvalue weighted by Crippen LogP contribution is -2.50. The van der Waals surface area contributed by atoms with Crippen molar-refractivity contribution in [1.29, 1.82) is 0 Å². The Morgan fingerprint density at radius 2 is 1.77 bits per heavy atom. The smallest absolute Gasteiger partial charge is 0.410 e. The highest BCUT2D eigenvalue weighted by atomic mass is 16.6. The third kappa shape index (κ3) is 5.45. The molecule has 0 bridgehead atoms. The minimum absolute atomic E-state index is 0.0465. The number of aromatic nitrogens is 2. The first kappa shape index (κ1) is 21.8. The van der Waals surface area contributed by atoms with Gasteiger partial charge in [-0.05, 0) is 77.6 Å². The van der Waals surface area contributed by atoms with Gasteiger partial charge < -0.3 is 19.5 Å². The van der Waals surface area contributed by atoms with Crippen LogP contribution in [0.3, 0.4) is 0 Å². The molecule has 2 saturated heterocycles. The highest BCUT2D eigenvalue weighted by Gasteiger charge is 2.31. The fraction of sp³-hybridized carbons (Fsp3) is 0.625. The molecule has 0 saturated carbocycles. The Kier molecular flexibility index (Phi) is 6.32. The van der Waals surface area contributed by atoms with Gasteiger partial charge in [-0.1, -0.05) is 12.1 Å². The Balaban J connectivity index is 1.26. The fourth-order valence-corrected chi connectivity index (χ4v) is 4.77. The van der Waals surface area contributed by atoms with Crippen LogP contribution in [0.25, 0.3) is 10.9 Å². The number of fused-ring (bicyclic) bond motifs is 1. The summed E-state index contributed by atoms with van der Waals surface area (Å²) in [6.07, 6.45) is 4.87. The number of nitrogens with zero attached hydrogens (tertiary/aromatic N) is 3. The normalized spacial score (nSPS) is 19.6. The van der Waals surface area contributed by atoms with Gasteiger partial charge >= 0.3 is 6.09 Å². The summed E-state index contributed by atoms with van der Waals surface area (Å²) >= 11 is 0. The van der Waals surface area contributed by atoms with Crippen molar-refractivity contribution in [1.82, 2.24) is 19.8 Å². The molecule has 1 aromatic heterocycles. The first-order valence-corrected chi connectivity index (χ1v) is 11.5. The molecule has 7 nitrogen and oxygen atoms in total. The monoisotopic (exact) mass is 426 g/mol. The number of piperidine rings is 2. The fourth-order valence-electron chi connectivity index (χ4n) is 4.77. The largest absolute Gasteiger partial charge is 0.444 e. The van der Waals surface area contributed by atoms with Crippen LogP contribution in [-0.2, 0) is 11.2 Å². The van der Waals surface area contributed by atoms with Gasteiger partial charge in [-0.25, -0.2) is 9.78 Å². The molecular weight excluding hydrogens is 392 g/mol. The summed E-state index contributed by atoms with van der Waals surface area (Å²) in [5.74, 6) is 1.34. The molecule has 7 heteroatoms. The summed E-state index contributed by atoms with van der Waals surface area (Å²) in [5.41, 5.74) is 0.283. The first-order chi connectivity index (χ1) is 14.8. The SMILES string of the molecule is CC(C)(C)OC(=O)N1CCC(N2CCC(Cc3nc4ccccc4c(=O)[nH]3)CC2)CC1. The van der Waals surface area contributed by atoms with Crippen molar-refractivity contribution < 1.29 is 9.53 Å². The lowest BCUT2D eigenvalue weighted by Gasteiger charge is -2.41. The molecule has 3 heterocycles. The first-order valence-electron chi connectivity index (χ1n) is 11.5. The molecule has 0 radical (unpaired) electrons. The van der Waals surface area contributed by atoms with Gasteiger partial charge in [0.2, 0.25) is 0 Å². The number of likely N-dealkylation sites (tertiary alicyclic amines) is 2. The van der Waals surface area contributed by atoms with Gasteiger partial charge in [0.1, 0.15) is 11.4 Å². The molecule has 1 aromatic carbocycles. The number of amides is 1. The van der Waals surface area contributed by atoms with Crippen molar-refractivity contribution in [3.05, 3.63) is 40.4 Å². The predicted octanol–water partition coefficient (Wildman–Crippen LogP) is 3.58. The van der Waals surface area contributed by atoms with Crippen LogP contribution in [0.2, 0.25) is 0 Å². The van der Waals surface area contributed by atoms with Crippen molar-refractivity contribution in [2.45, 2.75) is 64.5 Å². The molecule has 168 valence electrons. The Hall–Kier alpha value is -2.41. The lowest BCUT2D eigenvalue weighted by atomic mass is 9.91. The lowest BCUT2D eigenvalue weighted by molar-refractivity contribution is 0.0118. The maximum absolute atomic E-state index is 12.3. The van der Waals surface area contributed by atoms with E-state index < -0.39 is 5.60 Å². The zero-order valence-corrected chi connectivity index (χ0v) is 18.9. The summed E-state index contributed by atoms with van der Waals surface area (Å²) in [4.78, 5) is 36.7. The molecule has 2 aliphatic heterocycles. The van der Waals surface area contributed by atoms with Crippen molar-refractivity contribution in [2.75, 3.05) is 26.2 Å². The minimum Gasteiger partial charge on any atom is -0.444 e. The van der Waals surface area contributed by atoms with E-state index in [1.165, 1.54) is 0 Å². The zero-order valence-electron chi connectivity index (χ0n) is 18.9. The van der Waals surface area contributed by atoms with Gasteiger partial charge in [-0.15, -0.1) is 0 Å². The highest BCUT2D eigenvalue weighted by molar-refractivity contribution is 5.77. The second-order valence-corrected chi connectivity index (χ2v) is 9.91. The number of benzene rings is 1. The number of nitrogens with one attached hydrogen (secondary N) is 1. The van der Waals surface area contributed by atoms with Crippen LogP contribution in [-0.4, -0.2) is 63.7 Å². The van der Waals surface area contributed by atoms with Crippen molar-refractivity contribution in [3.63, 3.8) is 0 Å². The van der Waals surface area contributed by atoms with Crippen LogP contribution in [0.1, 0.15) is 52.3 Å². The van der Waals surface area contributed by atoms with E-state index >= 15 is 0 Å². The zero-order chi connectivity index (χ0) is 22.0. The molecule has 2 aromatic rings. The number of carbonyl (C=O) groups is 1. The molecule has 0 spiro atoms. The van der Waals surface area contributed by atoms with E-state index in [1.54, 1.807) is 0 Å². The Labute approximate surface area is 183 Å². The molecule has 0 atom stereocenters. The maximum atomic E-state index is 12.3. The molecule has 1 N–H and O–H groups in total. The van der Waals surface area contributed by atoms with Crippen LogP contribution >= 0.6 is 0 Å². The molecular formula is C24H34N4O3. The van der Waals surface area contributed by atoms with E-state index in [1.807, 2.05) is 49.9 Å².